The molecule has 7 nitrogen and oxygen atoms in total. The number of nitrogens with zero attached hydrogens (tertiary/aromatic N) is 2. The topological polar surface area (TPSA) is 87.2 Å². The average Bonchev–Trinajstić information content (AvgIpc) is 3.21. The Kier molecular flexibility index (Phi) is 9.80. The van der Waals surface area contributed by atoms with E-state index in [-0.39, 0.29) is 50.3 Å². The van der Waals surface area contributed by atoms with Crippen LogP contribution in [0.25, 0.3) is 0 Å². The molecule has 2 fully saturated rings. The molecule has 1 heterocycles. The van der Waals surface area contributed by atoms with Crippen molar-refractivity contribution in [2.75, 3.05) is 19.7 Å². The number of carboxylic acids is 1. The predicted octanol–water partition coefficient (Wildman–Crippen LogP) is 5.77. The second kappa shape index (κ2) is 13.3. The summed E-state index contributed by atoms with van der Waals surface area (Å²) in [5, 5.41) is 10.4. The number of imide groups is 1. The van der Waals surface area contributed by atoms with Crippen molar-refractivity contribution in [1.29, 1.82) is 0 Å². The maximum Gasteiger partial charge on any atom is 0.305 e. The van der Waals surface area contributed by atoms with Gasteiger partial charge in [-0.05, 0) is 60.6 Å². The summed E-state index contributed by atoms with van der Waals surface area (Å²) in [4.78, 5) is 39.2. The molecule has 0 spiro atoms. The molecule has 0 bridgehead atoms. The van der Waals surface area contributed by atoms with E-state index in [2.05, 4.69) is 11.0 Å². The molecule has 0 radical (unpaired) electrons. The SMILES string of the molecule is Cc1cc(CN(CC2CCCCC2)C(CC(=O)O)c2ccc(Cl)cc2)ccc1OCCN1C(=O)CCC1=O. The van der Waals surface area contributed by atoms with E-state index in [1.807, 2.05) is 43.3 Å². The molecule has 1 atom stereocenters. The van der Waals surface area contributed by atoms with Gasteiger partial charge >= 0.3 is 5.97 Å². The molecule has 2 aromatic carbocycles. The molecule has 2 amide bonds. The van der Waals surface area contributed by atoms with Crippen LogP contribution in [0.3, 0.4) is 0 Å². The van der Waals surface area contributed by atoms with E-state index in [1.54, 1.807) is 0 Å². The van der Waals surface area contributed by atoms with Gasteiger partial charge in [-0.2, -0.15) is 0 Å². The third kappa shape index (κ3) is 7.58. The van der Waals surface area contributed by atoms with Crippen LogP contribution < -0.4 is 4.74 Å². The normalized spacial score (nSPS) is 17.3. The molecule has 2 aromatic rings. The Bertz CT molecular complexity index is 1110. The zero-order valence-electron chi connectivity index (χ0n) is 22.0. The van der Waals surface area contributed by atoms with Gasteiger partial charge in [0, 0.05) is 37.0 Å². The lowest BCUT2D eigenvalue weighted by atomic mass is 9.88. The molecule has 38 heavy (non-hydrogen) atoms. The van der Waals surface area contributed by atoms with Crippen molar-refractivity contribution in [3.05, 3.63) is 64.2 Å². The van der Waals surface area contributed by atoms with Gasteiger partial charge < -0.3 is 9.84 Å². The molecule has 0 aromatic heterocycles. The smallest absolute Gasteiger partial charge is 0.305 e. The zero-order valence-corrected chi connectivity index (χ0v) is 22.8. The minimum Gasteiger partial charge on any atom is -0.491 e. The molecular formula is C30H37ClN2O5. The van der Waals surface area contributed by atoms with Gasteiger partial charge in [-0.25, -0.2) is 0 Å². The standard InChI is InChI=1S/C30H37ClN2O5/c1-21-17-23(7-12-27(21)38-16-15-33-28(34)13-14-29(33)35)20-32(19-22-5-3-2-4-6-22)26(18-30(36)37)24-8-10-25(31)11-9-24/h7-12,17,22,26H,2-6,13-16,18-20H2,1H3,(H,36,37). The summed E-state index contributed by atoms with van der Waals surface area (Å²) in [6, 6.07) is 13.3. The minimum atomic E-state index is -0.825. The molecular weight excluding hydrogens is 504 g/mol. The molecule has 1 N–H and O–H groups in total. The highest BCUT2D eigenvalue weighted by molar-refractivity contribution is 6.30. The molecule has 1 unspecified atom stereocenters. The first-order chi connectivity index (χ1) is 18.3. The molecule has 204 valence electrons. The van der Waals surface area contributed by atoms with E-state index in [0.717, 1.165) is 23.2 Å². The quantitative estimate of drug-likeness (QED) is 0.344. The molecule has 4 rings (SSSR count). The number of hydrogen-bond acceptors (Lipinski definition) is 5. The van der Waals surface area contributed by atoms with Crippen LogP contribution in [0, 0.1) is 12.8 Å². The number of ether oxygens (including phenoxy) is 1. The van der Waals surface area contributed by atoms with Gasteiger partial charge in [0.05, 0.1) is 13.0 Å². The number of aliphatic carboxylic acids is 1. The summed E-state index contributed by atoms with van der Waals surface area (Å²) in [5.41, 5.74) is 3.00. The lowest BCUT2D eigenvalue weighted by Crippen LogP contribution is -2.35. The van der Waals surface area contributed by atoms with Crippen LogP contribution in [-0.2, 0) is 20.9 Å². The Morgan fingerprint density at radius 2 is 1.76 bits per heavy atom. The average molecular weight is 541 g/mol. The van der Waals surface area contributed by atoms with Crippen molar-refractivity contribution < 1.29 is 24.2 Å². The third-order valence-corrected chi connectivity index (χ3v) is 7.89. The maximum atomic E-state index is 11.9. The summed E-state index contributed by atoms with van der Waals surface area (Å²) in [7, 11) is 0. The summed E-state index contributed by atoms with van der Waals surface area (Å²) in [6.45, 7) is 3.95. The highest BCUT2D eigenvalue weighted by Crippen LogP contribution is 2.33. The van der Waals surface area contributed by atoms with Gasteiger partial charge in [0.15, 0.2) is 0 Å². The molecule has 1 saturated heterocycles. The Morgan fingerprint density at radius 1 is 1.08 bits per heavy atom. The summed E-state index contributed by atoms with van der Waals surface area (Å²) >= 11 is 6.13. The fraction of sp³-hybridized carbons (Fsp3) is 0.500. The van der Waals surface area contributed by atoms with E-state index in [1.165, 1.54) is 37.0 Å². The number of rotatable bonds is 12. The minimum absolute atomic E-state index is 0.0163. The monoisotopic (exact) mass is 540 g/mol. The van der Waals surface area contributed by atoms with E-state index in [4.69, 9.17) is 16.3 Å². The molecule has 1 aliphatic carbocycles. The van der Waals surface area contributed by atoms with E-state index in [9.17, 15) is 19.5 Å². The van der Waals surface area contributed by atoms with Crippen LogP contribution in [0.1, 0.15) is 74.1 Å². The van der Waals surface area contributed by atoms with Crippen molar-refractivity contribution in [2.45, 2.75) is 70.9 Å². The molecule has 1 aliphatic heterocycles. The second-order valence-corrected chi connectivity index (χ2v) is 10.9. The lowest BCUT2D eigenvalue weighted by Gasteiger charge is -2.35. The lowest BCUT2D eigenvalue weighted by molar-refractivity contribution is -0.140. The first-order valence-corrected chi connectivity index (χ1v) is 13.9. The fourth-order valence-electron chi connectivity index (χ4n) is 5.64. The molecule has 8 heteroatoms. The van der Waals surface area contributed by atoms with Crippen LogP contribution >= 0.6 is 11.6 Å². The first-order valence-electron chi connectivity index (χ1n) is 13.6. The van der Waals surface area contributed by atoms with Gasteiger partial charge in [0.25, 0.3) is 0 Å². The van der Waals surface area contributed by atoms with Crippen LogP contribution in [0.4, 0.5) is 0 Å². The number of benzene rings is 2. The third-order valence-electron chi connectivity index (χ3n) is 7.63. The predicted molar refractivity (Wildman–Crippen MR) is 146 cm³/mol. The Morgan fingerprint density at radius 3 is 2.39 bits per heavy atom. The maximum absolute atomic E-state index is 11.9. The second-order valence-electron chi connectivity index (χ2n) is 10.5. The number of hydrogen-bond donors (Lipinski definition) is 1. The highest BCUT2D eigenvalue weighted by atomic mass is 35.5. The number of likely N-dealkylation sites (tertiary alicyclic amines) is 1. The van der Waals surface area contributed by atoms with Gasteiger partial charge in [0.1, 0.15) is 12.4 Å². The number of carbonyl (C=O) groups excluding carboxylic acids is 2. The summed E-state index contributed by atoms with van der Waals surface area (Å²) < 4.78 is 5.91. The number of carboxylic acid groups (broad SMARTS) is 1. The first kappa shape index (κ1) is 28.1. The van der Waals surface area contributed by atoms with Gasteiger partial charge in [-0.1, -0.05) is 55.1 Å². The number of amides is 2. The van der Waals surface area contributed by atoms with Crippen LogP contribution in [0.15, 0.2) is 42.5 Å². The van der Waals surface area contributed by atoms with Crippen molar-refractivity contribution >= 4 is 29.4 Å². The van der Waals surface area contributed by atoms with Gasteiger partial charge in [-0.15, -0.1) is 0 Å². The van der Waals surface area contributed by atoms with Crippen LogP contribution in [0.5, 0.6) is 5.75 Å². The van der Waals surface area contributed by atoms with Crippen molar-refractivity contribution in [2.24, 2.45) is 5.92 Å². The Labute approximate surface area is 229 Å². The largest absolute Gasteiger partial charge is 0.491 e. The zero-order chi connectivity index (χ0) is 27.1. The molecule has 2 aliphatic rings. The van der Waals surface area contributed by atoms with Gasteiger partial charge in [0.2, 0.25) is 11.8 Å². The Hall–Kier alpha value is -2.90. The number of carbonyl (C=O) groups is 3. The van der Waals surface area contributed by atoms with E-state index < -0.39 is 5.97 Å². The van der Waals surface area contributed by atoms with E-state index >= 15 is 0 Å². The summed E-state index contributed by atoms with van der Waals surface area (Å²) in [5.74, 6) is 0.160. The van der Waals surface area contributed by atoms with Crippen LogP contribution in [-0.4, -0.2) is 52.4 Å². The van der Waals surface area contributed by atoms with Crippen molar-refractivity contribution in [1.82, 2.24) is 9.80 Å². The number of halogens is 1. The summed E-state index contributed by atoms with van der Waals surface area (Å²) in [6.07, 6.45) is 6.64. The van der Waals surface area contributed by atoms with Crippen LogP contribution in [0.2, 0.25) is 5.02 Å². The van der Waals surface area contributed by atoms with Gasteiger partial charge in [-0.3, -0.25) is 24.2 Å². The highest BCUT2D eigenvalue weighted by Gasteiger charge is 2.29. The number of aryl methyl sites for hydroxylation is 1. The molecule has 1 saturated carbocycles. The Balaban J connectivity index is 1.49. The van der Waals surface area contributed by atoms with Crippen molar-refractivity contribution in [3.8, 4) is 5.75 Å². The van der Waals surface area contributed by atoms with E-state index in [0.29, 0.717) is 23.2 Å². The fourth-order valence-corrected chi connectivity index (χ4v) is 5.76. The van der Waals surface area contributed by atoms with Crippen molar-refractivity contribution in [3.63, 3.8) is 0 Å².